The zero-order valence-corrected chi connectivity index (χ0v) is 12.1. The molecule has 1 aromatic heterocycles. The van der Waals surface area contributed by atoms with Crippen molar-refractivity contribution in [1.29, 1.82) is 0 Å². The maximum absolute atomic E-state index is 11.5. The number of amides is 1. The third-order valence-electron chi connectivity index (χ3n) is 3.25. The van der Waals surface area contributed by atoms with Crippen LogP contribution in [0.5, 0.6) is 0 Å². The van der Waals surface area contributed by atoms with Crippen molar-refractivity contribution < 1.29 is 29.3 Å². The molecular formula is C15H15NO7. The van der Waals surface area contributed by atoms with Crippen LogP contribution in [0.15, 0.2) is 33.5 Å². The number of carbonyl (C=O) groups is 2. The first-order valence-electron chi connectivity index (χ1n) is 6.71. The Morgan fingerprint density at radius 3 is 2.57 bits per heavy atom. The van der Waals surface area contributed by atoms with Crippen LogP contribution in [0.1, 0.15) is 28.9 Å². The van der Waals surface area contributed by atoms with Crippen molar-refractivity contribution in [2.24, 2.45) is 0 Å². The number of aliphatic hydroxyl groups excluding tert-OH is 2. The molecule has 0 aliphatic carbocycles. The lowest BCUT2D eigenvalue weighted by Crippen LogP contribution is -2.34. The van der Waals surface area contributed by atoms with Crippen LogP contribution in [0.25, 0.3) is 11.0 Å². The van der Waals surface area contributed by atoms with Crippen LogP contribution in [0, 0.1) is 0 Å². The van der Waals surface area contributed by atoms with Crippen molar-refractivity contribution in [2.75, 3.05) is 6.54 Å². The summed E-state index contributed by atoms with van der Waals surface area (Å²) in [5.41, 5.74) is -1.04. The van der Waals surface area contributed by atoms with E-state index in [2.05, 4.69) is 5.32 Å². The van der Waals surface area contributed by atoms with E-state index in [0.717, 1.165) is 6.07 Å². The van der Waals surface area contributed by atoms with E-state index in [4.69, 9.17) is 9.52 Å². The van der Waals surface area contributed by atoms with Gasteiger partial charge >= 0.3 is 11.6 Å². The number of fused-ring (bicyclic) bond motifs is 1. The Bertz CT molecular complexity index is 811. The van der Waals surface area contributed by atoms with Crippen molar-refractivity contribution >= 4 is 22.8 Å². The summed E-state index contributed by atoms with van der Waals surface area (Å²) in [6.07, 6.45) is -2.54. The first kappa shape index (κ1) is 16.7. The van der Waals surface area contributed by atoms with E-state index in [1.165, 1.54) is 25.1 Å². The molecule has 4 N–H and O–H groups in total. The lowest BCUT2D eigenvalue weighted by molar-refractivity contribution is -0.119. The molecule has 2 atom stereocenters. The van der Waals surface area contributed by atoms with E-state index >= 15 is 0 Å². The van der Waals surface area contributed by atoms with Crippen molar-refractivity contribution in [3.63, 3.8) is 0 Å². The van der Waals surface area contributed by atoms with Crippen LogP contribution in [0.4, 0.5) is 0 Å². The molecule has 1 aromatic carbocycles. The Labute approximate surface area is 130 Å². The van der Waals surface area contributed by atoms with E-state index in [1.807, 2.05) is 0 Å². The van der Waals surface area contributed by atoms with E-state index in [1.54, 1.807) is 0 Å². The summed E-state index contributed by atoms with van der Waals surface area (Å²) in [6, 6.07) is 5.38. The molecule has 2 rings (SSSR count). The first-order valence-corrected chi connectivity index (χ1v) is 6.71. The number of carboxylic acids is 1. The van der Waals surface area contributed by atoms with E-state index < -0.39 is 29.4 Å². The monoisotopic (exact) mass is 321 g/mol. The highest BCUT2D eigenvalue weighted by Gasteiger charge is 2.20. The highest BCUT2D eigenvalue weighted by Crippen LogP contribution is 2.22. The van der Waals surface area contributed by atoms with Gasteiger partial charge in [0.05, 0.1) is 0 Å². The van der Waals surface area contributed by atoms with Crippen molar-refractivity contribution in [3.8, 4) is 0 Å². The molecule has 1 heterocycles. The van der Waals surface area contributed by atoms with Gasteiger partial charge in [-0.25, -0.2) is 9.59 Å². The minimum absolute atomic E-state index is 0.140. The Hall–Kier alpha value is -2.71. The van der Waals surface area contributed by atoms with Crippen LogP contribution < -0.4 is 10.9 Å². The van der Waals surface area contributed by atoms with Crippen LogP contribution in [0.2, 0.25) is 0 Å². The van der Waals surface area contributed by atoms with Gasteiger partial charge in [-0.1, -0.05) is 6.07 Å². The van der Waals surface area contributed by atoms with Gasteiger partial charge in [-0.3, -0.25) is 4.79 Å². The summed E-state index contributed by atoms with van der Waals surface area (Å²) in [7, 11) is 0. The number of aromatic carboxylic acids is 1. The second-order valence-corrected chi connectivity index (χ2v) is 5.00. The minimum Gasteiger partial charge on any atom is -0.477 e. The lowest BCUT2D eigenvalue weighted by Gasteiger charge is -2.18. The fraction of sp³-hybridized carbons (Fsp3) is 0.267. The third-order valence-corrected chi connectivity index (χ3v) is 3.25. The van der Waals surface area contributed by atoms with Crippen LogP contribution in [0.3, 0.4) is 0 Å². The smallest absolute Gasteiger partial charge is 0.351 e. The molecule has 0 aliphatic rings. The molecule has 0 spiro atoms. The zero-order valence-electron chi connectivity index (χ0n) is 12.1. The fourth-order valence-electron chi connectivity index (χ4n) is 2.06. The molecule has 1 amide bonds. The zero-order chi connectivity index (χ0) is 17.1. The molecule has 8 heteroatoms. The molecule has 0 aliphatic heterocycles. The molecule has 122 valence electrons. The average molecular weight is 321 g/mol. The summed E-state index contributed by atoms with van der Waals surface area (Å²) in [5.74, 6) is -1.76. The number of aliphatic hydroxyl groups is 2. The molecule has 0 saturated carbocycles. The average Bonchev–Trinajstić information content (AvgIpc) is 2.50. The minimum atomic E-state index is -1.42. The molecule has 2 unspecified atom stereocenters. The molecule has 0 fully saturated rings. The van der Waals surface area contributed by atoms with Gasteiger partial charge in [0.2, 0.25) is 5.91 Å². The van der Waals surface area contributed by atoms with E-state index in [9.17, 15) is 24.6 Å². The van der Waals surface area contributed by atoms with Gasteiger partial charge in [0.1, 0.15) is 23.4 Å². The van der Waals surface area contributed by atoms with Gasteiger partial charge < -0.3 is 25.1 Å². The standard InChI is InChI=1S/C15H15NO7/c1-7(17)16-6-11(18)13(19)8-2-3-12-9(4-8)5-10(14(20)21)15(22)23-12/h2-5,11,13,18-19H,6H2,1H3,(H,16,17)(H,20,21). The Morgan fingerprint density at radius 1 is 1.26 bits per heavy atom. The van der Waals surface area contributed by atoms with E-state index in [-0.39, 0.29) is 18.0 Å². The van der Waals surface area contributed by atoms with Gasteiger partial charge in [0.25, 0.3) is 0 Å². The van der Waals surface area contributed by atoms with Gasteiger partial charge in [0, 0.05) is 18.9 Å². The fourth-order valence-corrected chi connectivity index (χ4v) is 2.06. The molecular weight excluding hydrogens is 306 g/mol. The summed E-state index contributed by atoms with van der Waals surface area (Å²) >= 11 is 0. The van der Waals surface area contributed by atoms with Gasteiger partial charge in [-0.15, -0.1) is 0 Å². The largest absolute Gasteiger partial charge is 0.477 e. The van der Waals surface area contributed by atoms with Crippen molar-refractivity contribution in [1.82, 2.24) is 5.32 Å². The predicted molar refractivity (Wildman–Crippen MR) is 79.1 cm³/mol. The molecule has 0 radical (unpaired) electrons. The second-order valence-electron chi connectivity index (χ2n) is 5.00. The molecule has 2 aromatic rings. The number of nitrogens with one attached hydrogen (secondary N) is 1. The first-order chi connectivity index (χ1) is 10.8. The quantitative estimate of drug-likeness (QED) is 0.570. The van der Waals surface area contributed by atoms with Crippen LogP contribution in [-0.4, -0.2) is 39.8 Å². The number of benzene rings is 1. The summed E-state index contributed by atoms with van der Waals surface area (Å²) < 4.78 is 4.89. The Balaban J connectivity index is 2.35. The number of carboxylic acid groups (broad SMARTS) is 1. The molecule has 8 nitrogen and oxygen atoms in total. The van der Waals surface area contributed by atoms with Gasteiger partial charge in [0.15, 0.2) is 0 Å². The van der Waals surface area contributed by atoms with Crippen LogP contribution in [-0.2, 0) is 4.79 Å². The highest BCUT2D eigenvalue weighted by atomic mass is 16.4. The SMILES string of the molecule is CC(=O)NCC(O)C(O)c1ccc2oc(=O)c(C(=O)O)cc2c1. The number of rotatable bonds is 5. The van der Waals surface area contributed by atoms with E-state index in [0.29, 0.717) is 10.9 Å². The number of carbonyl (C=O) groups excluding carboxylic acids is 1. The predicted octanol–water partition coefficient (Wildman–Crippen LogP) is 0.0216. The topological polar surface area (TPSA) is 137 Å². The molecule has 0 saturated heterocycles. The highest BCUT2D eigenvalue weighted by molar-refractivity contribution is 5.91. The van der Waals surface area contributed by atoms with Gasteiger partial charge in [-0.05, 0) is 23.8 Å². The van der Waals surface area contributed by atoms with Crippen molar-refractivity contribution in [3.05, 3.63) is 45.8 Å². The third kappa shape index (κ3) is 3.74. The summed E-state index contributed by atoms with van der Waals surface area (Å²) in [6.45, 7) is 1.14. The Morgan fingerprint density at radius 2 is 1.96 bits per heavy atom. The maximum Gasteiger partial charge on any atom is 0.351 e. The van der Waals surface area contributed by atoms with Crippen molar-refractivity contribution in [2.45, 2.75) is 19.1 Å². The van der Waals surface area contributed by atoms with Crippen LogP contribution >= 0.6 is 0 Å². The maximum atomic E-state index is 11.5. The molecule has 23 heavy (non-hydrogen) atoms. The Kier molecular flexibility index (Phi) is 4.77. The summed E-state index contributed by atoms with van der Waals surface area (Å²) in [4.78, 5) is 33.2. The lowest BCUT2D eigenvalue weighted by atomic mass is 10.0. The second kappa shape index (κ2) is 6.59. The number of hydrogen-bond donors (Lipinski definition) is 4. The number of hydrogen-bond acceptors (Lipinski definition) is 6. The summed E-state index contributed by atoms with van der Waals surface area (Å²) in [5, 5.41) is 31.5. The normalized spacial score (nSPS) is 13.5. The van der Waals surface area contributed by atoms with Gasteiger partial charge in [-0.2, -0.15) is 0 Å². The molecule has 0 bridgehead atoms.